The molecule has 0 unspecified atom stereocenters. The molecule has 3 aromatic rings. The van der Waals surface area contributed by atoms with Crippen LogP contribution in [0.15, 0.2) is 65.6 Å². The molecular formula is C27H29F3N2O3S. The van der Waals surface area contributed by atoms with E-state index < -0.39 is 40.3 Å². The van der Waals surface area contributed by atoms with E-state index in [-0.39, 0.29) is 10.6 Å². The quantitative estimate of drug-likeness (QED) is 0.417. The third kappa shape index (κ3) is 6.07. The van der Waals surface area contributed by atoms with Gasteiger partial charge in [-0.15, -0.1) is 0 Å². The fourth-order valence-corrected chi connectivity index (χ4v) is 5.35. The number of nitrogens with zero attached hydrogens (tertiary/aromatic N) is 1. The van der Waals surface area contributed by atoms with Crippen molar-refractivity contribution in [2.75, 3.05) is 10.8 Å². The van der Waals surface area contributed by atoms with Gasteiger partial charge in [0.15, 0.2) is 0 Å². The number of carbonyl (C=O) groups is 1. The monoisotopic (exact) mass is 518 g/mol. The number of hydrogen-bond acceptors (Lipinski definition) is 3. The molecule has 9 heteroatoms. The molecule has 0 aliphatic carbocycles. The number of aryl methyl sites for hydroxylation is 4. The molecule has 0 saturated heterocycles. The highest BCUT2D eigenvalue weighted by Crippen LogP contribution is 2.33. The van der Waals surface area contributed by atoms with Gasteiger partial charge in [0.1, 0.15) is 6.54 Å². The number of alkyl halides is 3. The summed E-state index contributed by atoms with van der Waals surface area (Å²) >= 11 is 0. The summed E-state index contributed by atoms with van der Waals surface area (Å²) in [6, 6.07) is 13.4. The Hall–Kier alpha value is -3.33. The lowest BCUT2D eigenvalue weighted by Gasteiger charge is -2.26. The van der Waals surface area contributed by atoms with Crippen molar-refractivity contribution in [2.45, 2.75) is 51.7 Å². The van der Waals surface area contributed by atoms with Crippen LogP contribution in [0.4, 0.5) is 18.9 Å². The minimum atomic E-state index is -4.67. The van der Waals surface area contributed by atoms with Gasteiger partial charge in [-0.2, -0.15) is 13.2 Å². The summed E-state index contributed by atoms with van der Waals surface area (Å²) < 4.78 is 67.8. The van der Waals surface area contributed by atoms with Crippen LogP contribution in [0.5, 0.6) is 0 Å². The minimum absolute atomic E-state index is 0.128. The van der Waals surface area contributed by atoms with Gasteiger partial charge in [0.05, 0.1) is 22.2 Å². The summed E-state index contributed by atoms with van der Waals surface area (Å²) in [7, 11) is -4.34. The largest absolute Gasteiger partial charge is 0.416 e. The number of nitrogens with one attached hydrogen (secondary N) is 1. The predicted molar refractivity (Wildman–Crippen MR) is 134 cm³/mol. The molecule has 3 rings (SSSR count). The Labute approximate surface area is 210 Å². The predicted octanol–water partition coefficient (Wildman–Crippen LogP) is 6.01. The first-order chi connectivity index (χ1) is 16.7. The van der Waals surface area contributed by atoms with Crippen LogP contribution in [-0.2, 0) is 21.0 Å². The Kier molecular flexibility index (Phi) is 7.83. The first-order valence-electron chi connectivity index (χ1n) is 11.3. The van der Waals surface area contributed by atoms with Crippen LogP contribution >= 0.6 is 0 Å². The van der Waals surface area contributed by atoms with Crippen molar-refractivity contribution in [1.82, 2.24) is 5.32 Å². The summed E-state index contributed by atoms with van der Waals surface area (Å²) in [6.07, 6.45) is -4.67. The molecule has 0 fully saturated rings. The molecule has 36 heavy (non-hydrogen) atoms. The summed E-state index contributed by atoms with van der Waals surface area (Å²) in [4.78, 5) is 12.9. The van der Waals surface area contributed by atoms with Crippen LogP contribution in [0.1, 0.15) is 46.3 Å². The highest BCUT2D eigenvalue weighted by atomic mass is 32.2. The van der Waals surface area contributed by atoms with Gasteiger partial charge in [-0.3, -0.25) is 9.10 Å². The molecular weight excluding hydrogens is 489 g/mol. The normalized spacial score (nSPS) is 12.8. The number of halogens is 3. The number of hydrogen-bond donors (Lipinski definition) is 1. The maximum absolute atomic E-state index is 13.5. The topological polar surface area (TPSA) is 66.5 Å². The molecule has 0 aromatic heterocycles. The first-order valence-corrected chi connectivity index (χ1v) is 12.8. The molecule has 1 N–H and O–H groups in total. The van der Waals surface area contributed by atoms with E-state index in [2.05, 4.69) is 5.32 Å². The zero-order valence-electron chi connectivity index (χ0n) is 20.8. The van der Waals surface area contributed by atoms with Crippen LogP contribution in [0.25, 0.3) is 0 Å². The molecule has 0 bridgehead atoms. The zero-order valence-corrected chi connectivity index (χ0v) is 21.6. The molecule has 0 saturated carbocycles. The molecule has 1 atom stereocenters. The molecule has 1 amide bonds. The van der Waals surface area contributed by atoms with Crippen molar-refractivity contribution >= 4 is 21.6 Å². The summed E-state index contributed by atoms with van der Waals surface area (Å²) in [6.45, 7) is 8.73. The average molecular weight is 519 g/mol. The maximum atomic E-state index is 13.5. The van der Waals surface area contributed by atoms with Crippen LogP contribution in [0, 0.1) is 27.7 Å². The molecule has 0 heterocycles. The second kappa shape index (κ2) is 10.3. The number of anilines is 1. The SMILES string of the molecule is Cc1ccc(S(=O)(=O)N(CC(=O)N[C@@H](C)c2cc(C)c(C)cc2C)c2cccc(C(F)(F)F)c2)cc1. The van der Waals surface area contributed by atoms with Gasteiger partial charge in [-0.25, -0.2) is 8.42 Å². The van der Waals surface area contributed by atoms with E-state index >= 15 is 0 Å². The number of sulfonamides is 1. The first kappa shape index (κ1) is 27.3. The molecule has 192 valence electrons. The van der Waals surface area contributed by atoms with Crippen molar-refractivity contribution in [1.29, 1.82) is 0 Å². The van der Waals surface area contributed by atoms with Crippen LogP contribution in [-0.4, -0.2) is 20.9 Å². The third-order valence-electron chi connectivity index (χ3n) is 6.08. The highest BCUT2D eigenvalue weighted by Gasteiger charge is 2.33. The number of benzene rings is 3. The van der Waals surface area contributed by atoms with Crippen LogP contribution < -0.4 is 9.62 Å². The molecule has 0 radical (unpaired) electrons. The van der Waals surface area contributed by atoms with E-state index in [1.54, 1.807) is 26.0 Å². The van der Waals surface area contributed by atoms with E-state index in [1.165, 1.54) is 18.2 Å². The molecule has 0 spiro atoms. The van der Waals surface area contributed by atoms with Gasteiger partial charge in [-0.05, 0) is 87.2 Å². The van der Waals surface area contributed by atoms with E-state index in [0.717, 1.165) is 46.0 Å². The summed E-state index contributed by atoms with van der Waals surface area (Å²) in [5, 5.41) is 2.79. The number of amides is 1. The Morgan fingerprint density at radius 1 is 0.917 bits per heavy atom. The minimum Gasteiger partial charge on any atom is -0.348 e. The van der Waals surface area contributed by atoms with Crippen molar-refractivity contribution in [3.05, 3.63) is 94.0 Å². The molecule has 3 aromatic carbocycles. The lowest BCUT2D eigenvalue weighted by atomic mass is 9.96. The standard InChI is InChI=1S/C27H29F3N2O3S/c1-17-9-11-24(12-10-17)36(34,35)32(23-8-6-7-22(15-23)27(28,29)30)16-26(33)31-21(5)25-14-19(3)18(2)13-20(25)4/h6-15,21H,16H2,1-5H3,(H,31,33)/t21-/m0/s1. The van der Waals surface area contributed by atoms with E-state index in [1.807, 2.05) is 32.9 Å². The van der Waals surface area contributed by atoms with Crippen LogP contribution in [0.2, 0.25) is 0 Å². The number of rotatable bonds is 7. The summed E-state index contributed by atoms with van der Waals surface area (Å²) in [5.41, 5.74) is 3.54. The highest BCUT2D eigenvalue weighted by molar-refractivity contribution is 7.92. The van der Waals surface area contributed by atoms with E-state index in [9.17, 15) is 26.4 Å². The Balaban J connectivity index is 1.98. The maximum Gasteiger partial charge on any atom is 0.416 e. The van der Waals surface area contributed by atoms with Gasteiger partial charge < -0.3 is 5.32 Å². The van der Waals surface area contributed by atoms with Crippen LogP contribution in [0.3, 0.4) is 0 Å². The Morgan fingerprint density at radius 2 is 1.53 bits per heavy atom. The third-order valence-corrected chi connectivity index (χ3v) is 7.87. The van der Waals surface area contributed by atoms with E-state index in [0.29, 0.717) is 4.31 Å². The molecule has 0 aliphatic heterocycles. The van der Waals surface area contributed by atoms with Crippen molar-refractivity contribution in [3.63, 3.8) is 0 Å². The molecule has 0 aliphatic rings. The zero-order chi connectivity index (χ0) is 26.8. The van der Waals surface area contributed by atoms with Gasteiger partial charge >= 0.3 is 6.18 Å². The Morgan fingerprint density at radius 3 is 2.14 bits per heavy atom. The summed E-state index contributed by atoms with van der Waals surface area (Å²) in [5.74, 6) is -0.645. The van der Waals surface area contributed by atoms with Crippen molar-refractivity contribution in [3.8, 4) is 0 Å². The average Bonchev–Trinajstić information content (AvgIpc) is 2.79. The van der Waals surface area contributed by atoms with Crippen molar-refractivity contribution in [2.24, 2.45) is 0 Å². The lowest BCUT2D eigenvalue weighted by Crippen LogP contribution is -2.41. The molecule has 5 nitrogen and oxygen atoms in total. The van der Waals surface area contributed by atoms with Gasteiger partial charge in [-0.1, -0.05) is 35.9 Å². The van der Waals surface area contributed by atoms with Gasteiger partial charge in [0, 0.05) is 0 Å². The second-order valence-corrected chi connectivity index (χ2v) is 10.8. The van der Waals surface area contributed by atoms with Gasteiger partial charge in [0.25, 0.3) is 10.0 Å². The second-order valence-electron chi connectivity index (χ2n) is 8.96. The lowest BCUT2D eigenvalue weighted by molar-refractivity contribution is -0.137. The fourth-order valence-electron chi connectivity index (χ4n) is 3.93. The fraction of sp³-hybridized carbons (Fsp3) is 0.296. The van der Waals surface area contributed by atoms with Gasteiger partial charge in [0.2, 0.25) is 5.91 Å². The smallest absolute Gasteiger partial charge is 0.348 e. The van der Waals surface area contributed by atoms with E-state index in [4.69, 9.17) is 0 Å². The Bertz CT molecular complexity index is 1370. The number of carbonyl (C=O) groups excluding carboxylic acids is 1. The van der Waals surface area contributed by atoms with Crippen molar-refractivity contribution < 1.29 is 26.4 Å².